The van der Waals surface area contributed by atoms with Gasteiger partial charge in [0.2, 0.25) is 10.0 Å². The number of hydrogen-bond donors (Lipinski definition) is 1. The Bertz CT molecular complexity index is 752. The number of benzene rings is 1. The van der Waals surface area contributed by atoms with Crippen LogP contribution in [0.25, 0.3) is 0 Å². The third-order valence-corrected chi connectivity index (χ3v) is 5.52. The van der Waals surface area contributed by atoms with E-state index in [0.29, 0.717) is 24.3 Å². The molecule has 0 bridgehead atoms. The molecular formula is C17H24N2O5S. The predicted molar refractivity (Wildman–Crippen MR) is 95.7 cm³/mol. The van der Waals surface area contributed by atoms with Gasteiger partial charge >= 0.3 is 5.97 Å². The Labute approximate surface area is 148 Å². The minimum absolute atomic E-state index is 0.100. The van der Waals surface area contributed by atoms with Gasteiger partial charge in [-0.2, -0.15) is 4.31 Å². The van der Waals surface area contributed by atoms with E-state index in [1.54, 1.807) is 33.8 Å². The number of carbonyl (C=O) groups excluding carboxylic acids is 2. The van der Waals surface area contributed by atoms with Gasteiger partial charge in [0.05, 0.1) is 4.90 Å². The molecule has 7 nitrogen and oxygen atoms in total. The van der Waals surface area contributed by atoms with Gasteiger partial charge in [-0.05, 0) is 31.5 Å². The fourth-order valence-electron chi connectivity index (χ4n) is 2.12. The van der Waals surface area contributed by atoms with Gasteiger partial charge in [0.25, 0.3) is 5.91 Å². The summed E-state index contributed by atoms with van der Waals surface area (Å²) in [7, 11) is -3.62. The van der Waals surface area contributed by atoms with Crippen LogP contribution in [0.5, 0.6) is 0 Å². The Morgan fingerprint density at radius 1 is 1.24 bits per heavy atom. The highest BCUT2D eigenvalue weighted by Gasteiger charge is 2.22. The van der Waals surface area contributed by atoms with Crippen molar-refractivity contribution in [2.45, 2.75) is 32.6 Å². The van der Waals surface area contributed by atoms with Gasteiger partial charge in [0.15, 0.2) is 6.61 Å². The summed E-state index contributed by atoms with van der Waals surface area (Å²) < 4.78 is 31.2. The molecule has 0 aliphatic rings. The minimum Gasteiger partial charge on any atom is -0.452 e. The molecule has 0 unspecified atom stereocenters. The molecular weight excluding hydrogens is 344 g/mol. The molecule has 138 valence electrons. The topological polar surface area (TPSA) is 92.8 Å². The van der Waals surface area contributed by atoms with Gasteiger partial charge < -0.3 is 10.1 Å². The Morgan fingerprint density at radius 2 is 1.88 bits per heavy atom. The molecule has 0 saturated heterocycles. The highest BCUT2D eigenvalue weighted by atomic mass is 32.2. The molecule has 0 spiro atoms. The maximum Gasteiger partial charge on any atom is 0.330 e. The van der Waals surface area contributed by atoms with Crippen LogP contribution in [0.2, 0.25) is 0 Å². The number of anilines is 1. The van der Waals surface area contributed by atoms with Gasteiger partial charge in [0.1, 0.15) is 0 Å². The van der Waals surface area contributed by atoms with Gasteiger partial charge in [0, 0.05) is 24.9 Å². The number of aryl methyl sites for hydroxylation is 1. The highest BCUT2D eigenvalue weighted by molar-refractivity contribution is 7.89. The van der Waals surface area contributed by atoms with Crippen molar-refractivity contribution in [2.75, 3.05) is 25.0 Å². The number of nitrogens with one attached hydrogen (secondary N) is 1. The van der Waals surface area contributed by atoms with Crippen molar-refractivity contribution in [1.29, 1.82) is 0 Å². The lowest BCUT2D eigenvalue weighted by Gasteiger charge is -2.19. The second kappa shape index (κ2) is 9.33. The van der Waals surface area contributed by atoms with Crippen molar-refractivity contribution >= 4 is 27.6 Å². The number of esters is 1. The Kier molecular flexibility index (Phi) is 7.79. The van der Waals surface area contributed by atoms with E-state index in [1.807, 2.05) is 0 Å². The summed E-state index contributed by atoms with van der Waals surface area (Å²) in [6.45, 7) is 7.19. The Hall–Kier alpha value is -2.19. The van der Waals surface area contributed by atoms with Gasteiger partial charge in [-0.25, -0.2) is 13.2 Å². The van der Waals surface area contributed by atoms with E-state index in [-0.39, 0.29) is 4.90 Å². The van der Waals surface area contributed by atoms with Crippen LogP contribution in [-0.2, 0) is 24.3 Å². The Balaban J connectivity index is 2.95. The first-order valence-corrected chi connectivity index (χ1v) is 9.40. The molecule has 0 saturated carbocycles. The van der Waals surface area contributed by atoms with E-state index in [0.717, 1.165) is 0 Å². The zero-order valence-corrected chi connectivity index (χ0v) is 15.7. The van der Waals surface area contributed by atoms with Crippen molar-refractivity contribution in [3.8, 4) is 0 Å². The van der Waals surface area contributed by atoms with Crippen molar-refractivity contribution < 1.29 is 22.7 Å². The van der Waals surface area contributed by atoms with Crippen LogP contribution in [0, 0.1) is 6.92 Å². The molecule has 0 aliphatic heterocycles. The third-order valence-electron chi connectivity index (χ3n) is 3.47. The van der Waals surface area contributed by atoms with Gasteiger partial charge in [-0.15, -0.1) is 0 Å². The molecule has 8 heteroatoms. The number of sulfonamides is 1. The second-order valence-corrected chi connectivity index (χ2v) is 7.16. The van der Waals surface area contributed by atoms with Crippen LogP contribution in [-0.4, -0.2) is 44.3 Å². The number of amides is 1. The molecule has 0 aliphatic carbocycles. The highest BCUT2D eigenvalue weighted by Crippen LogP contribution is 2.23. The standard InChI is InChI=1S/C17H24N2O5S/c1-5-8-17(21)24-12-16(20)18-15-11-14(10-9-13(15)4)25(22,23)19(6-2)7-3/h5,8-11H,6-7,12H2,1-4H3,(H,18,20)/b8-5+. The smallest absolute Gasteiger partial charge is 0.330 e. The maximum atomic E-state index is 12.6. The first-order valence-electron chi connectivity index (χ1n) is 7.96. The van der Waals surface area contributed by atoms with E-state index in [9.17, 15) is 18.0 Å². The fraction of sp³-hybridized carbons (Fsp3) is 0.412. The van der Waals surface area contributed by atoms with Crippen LogP contribution in [0.4, 0.5) is 5.69 Å². The molecule has 1 aromatic carbocycles. The number of carbonyl (C=O) groups is 2. The Morgan fingerprint density at radius 3 is 2.44 bits per heavy atom. The number of hydrogen-bond acceptors (Lipinski definition) is 5. The SMILES string of the molecule is C/C=C/C(=O)OCC(=O)Nc1cc(S(=O)(=O)N(CC)CC)ccc1C. The summed E-state index contributed by atoms with van der Waals surface area (Å²) in [6, 6.07) is 4.54. The van der Waals surface area contributed by atoms with Crippen LogP contribution in [0.15, 0.2) is 35.2 Å². The number of allylic oxidation sites excluding steroid dienone is 1. The lowest BCUT2D eigenvalue weighted by atomic mass is 10.2. The molecule has 25 heavy (non-hydrogen) atoms. The molecule has 1 rings (SSSR count). The largest absolute Gasteiger partial charge is 0.452 e. The van der Waals surface area contributed by atoms with Gasteiger partial charge in [-0.3, -0.25) is 4.79 Å². The van der Waals surface area contributed by atoms with E-state index < -0.39 is 28.5 Å². The molecule has 0 heterocycles. The van der Waals surface area contributed by atoms with Crippen molar-refractivity contribution in [1.82, 2.24) is 4.31 Å². The number of ether oxygens (including phenoxy) is 1. The fourth-order valence-corrected chi connectivity index (χ4v) is 3.60. The lowest BCUT2D eigenvalue weighted by Crippen LogP contribution is -2.30. The summed E-state index contributed by atoms with van der Waals surface area (Å²) in [4.78, 5) is 23.2. The normalized spacial score (nSPS) is 11.7. The first-order chi connectivity index (χ1) is 11.8. The zero-order valence-electron chi connectivity index (χ0n) is 14.9. The minimum atomic E-state index is -3.62. The molecule has 1 aromatic rings. The quantitative estimate of drug-likeness (QED) is 0.560. The van der Waals surface area contributed by atoms with Crippen molar-refractivity contribution in [2.24, 2.45) is 0 Å². The molecule has 0 radical (unpaired) electrons. The molecule has 0 atom stereocenters. The van der Waals surface area contributed by atoms with Crippen molar-refractivity contribution in [3.05, 3.63) is 35.9 Å². The average molecular weight is 368 g/mol. The molecule has 1 N–H and O–H groups in total. The van der Waals surface area contributed by atoms with E-state index in [1.165, 1.54) is 28.6 Å². The van der Waals surface area contributed by atoms with Crippen molar-refractivity contribution in [3.63, 3.8) is 0 Å². The van der Waals surface area contributed by atoms with E-state index in [4.69, 9.17) is 4.74 Å². The van der Waals surface area contributed by atoms with Crippen LogP contribution < -0.4 is 5.32 Å². The first kappa shape index (κ1) is 20.9. The summed E-state index contributed by atoms with van der Waals surface area (Å²) >= 11 is 0. The average Bonchev–Trinajstić information content (AvgIpc) is 2.56. The predicted octanol–water partition coefficient (Wildman–Crippen LogP) is 2.08. The number of rotatable bonds is 8. The summed E-state index contributed by atoms with van der Waals surface area (Å²) in [5.74, 6) is -1.16. The molecule has 0 aromatic heterocycles. The maximum absolute atomic E-state index is 12.6. The van der Waals surface area contributed by atoms with E-state index >= 15 is 0 Å². The van der Waals surface area contributed by atoms with E-state index in [2.05, 4.69) is 5.32 Å². The summed E-state index contributed by atoms with van der Waals surface area (Å²) in [6.07, 6.45) is 2.71. The van der Waals surface area contributed by atoms with Crippen LogP contribution in [0.3, 0.4) is 0 Å². The molecule has 1 amide bonds. The molecule has 0 fully saturated rings. The van der Waals surface area contributed by atoms with Crippen LogP contribution >= 0.6 is 0 Å². The monoisotopic (exact) mass is 368 g/mol. The summed E-state index contributed by atoms with van der Waals surface area (Å²) in [5.41, 5.74) is 1.06. The zero-order chi connectivity index (χ0) is 19.0. The van der Waals surface area contributed by atoms with Gasteiger partial charge in [-0.1, -0.05) is 26.0 Å². The second-order valence-electron chi connectivity index (χ2n) is 5.22. The lowest BCUT2D eigenvalue weighted by molar-refractivity contribution is -0.142. The van der Waals surface area contributed by atoms with Crippen LogP contribution in [0.1, 0.15) is 26.3 Å². The summed E-state index contributed by atoms with van der Waals surface area (Å²) in [5, 5.41) is 2.57. The third kappa shape index (κ3) is 5.68. The number of nitrogens with zero attached hydrogens (tertiary/aromatic N) is 1.